The molecule has 17 heavy (non-hydrogen) atoms. The lowest BCUT2D eigenvalue weighted by molar-refractivity contribution is 0.0953. The minimum absolute atomic E-state index is 0.0487. The molecule has 0 unspecified atom stereocenters. The first kappa shape index (κ1) is 15.1. The first-order valence-corrected chi connectivity index (χ1v) is 8.22. The minimum Gasteiger partial charge on any atom is -0.352 e. The molecule has 2 nitrogen and oxygen atoms in total. The van der Waals surface area contributed by atoms with Crippen molar-refractivity contribution < 1.29 is 4.79 Å². The Bertz CT molecular complexity index is 387. The first-order chi connectivity index (χ1) is 8.15. The maximum atomic E-state index is 11.8. The maximum Gasteiger partial charge on any atom is 0.251 e. The van der Waals surface area contributed by atoms with Gasteiger partial charge in [0.05, 0.1) is 5.02 Å². The molecule has 0 fully saturated rings. The molecule has 0 aliphatic carbocycles. The molecule has 0 spiro atoms. The van der Waals surface area contributed by atoms with Crippen LogP contribution in [0.15, 0.2) is 18.2 Å². The van der Waals surface area contributed by atoms with Crippen molar-refractivity contribution in [3.05, 3.63) is 32.4 Å². The van der Waals surface area contributed by atoms with Crippen molar-refractivity contribution in [3.8, 4) is 0 Å². The highest BCUT2D eigenvalue weighted by Gasteiger charge is 2.06. The predicted octanol–water partition coefficient (Wildman–Crippen LogP) is 3.82. The molecule has 0 radical (unpaired) electrons. The fourth-order valence-corrected chi connectivity index (χ4v) is 2.32. The van der Waals surface area contributed by atoms with Crippen LogP contribution in [0.3, 0.4) is 0 Å². The van der Waals surface area contributed by atoms with Gasteiger partial charge in [0.2, 0.25) is 0 Å². The van der Waals surface area contributed by atoms with Crippen LogP contribution >= 0.6 is 46.0 Å². The van der Waals surface area contributed by atoms with Gasteiger partial charge in [-0.25, -0.2) is 0 Å². The van der Waals surface area contributed by atoms with Crippen LogP contribution in [0.1, 0.15) is 23.2 Å². The summed E-state index contributed by atoms with van der Waals surface area (Å²) >= 11 is 9.94. The van der Waals surface area contributed by atoms with E-state index in [1.807, 2.05) is 17.8 Å². The average molecular weight is 384 g/mol. The number of hydrogen-bond acceptors (Lipinski definition) is 2. The Kier molecular flexibility index (Phi) is 7.30. The summed E-state index contributed by atoms with van der Waals surface area (Å²) in [6, 6.07) is 5.36. The van der Waals surface area contributed by atoms with E-state index in [2.05, 4.69) is 34.2 Å². The molecular weight excluding hydrogens is 369 g/mol. The Hall–Kier alpha value is 0.0600. The van der Waals surface area contributed by atoms with Crippen molar-refractivity contribution >= 4 is 51.9 Å². The van der Waals surface area contributed by atoms with Gasteiger partial charge in [-0.15, -0.1) is 0 Å². The molecule has 0 saturated carbocycles. The molecule has 1 aromatic rings. The summed E-state index contributed by atoms with van der Waals surface area (Å²) in [5.74, 6) is 1.10. The molecule has 1 rings (SSSR count). The fraction of sp³-hybridized carbons (Fsp3) is 0.417. The van der Waals surface area contributed by atoms with Gasteiger partial charge < -0.3 is 5.32 Å². The van der Waals surface area contributed by atoms with E-state index in [0.29, 0.717) is 10.6 Å². The monoisotopic (exact) mass is 383 g/mol. The summed E-state index contributed by atoms with van der Waals surface area (Å²) in [5, 5.41) is 3.52. The second-order valence-electron chi connectivity index (χ2n) is 3.58. The molecule has 0 heterocycles. The van der Waals surface area contributed by atoms with Crippen LogP contribution in [-0.4, -0.2) is 24.5 Å². The zero-order valence-electron chi connectivity index (χ0n) is 9.63. The van der Waals surface area contributed by atoms with Crippen LogP contribution in [0.4, 0.5) is 0 Å². The Balaban J connectivity index is 2.39. The van der Waals surface area contributed by atoms with Gasteiger partial charge in [0.15, 0.2) is 0 Å². The molecule has 5 heteroatoms. The zero-order valence-corrected chi connectivity index (χ0v) is 13.4. The van der Waals surface area contributed by atoms with Gasteiger partial charge in [-0.3, -0.25) is 4.79 Å². The van der Waals surface area contributed by atoms with Gasteiger partial charge >= 0.3 is 0 Å². The first-order valence-electron chi connectivity index (χ1n) is 5.37. The lowest BCUT2D eigenvalue weighted by atomic mass is 10.2. The van der Waals surface area contributed by atoms with Crippen molar-refractivity contribution in [2.24, 2.45) is 0 Å². The Labute approximate surface area is 125 Å². The number of amides is 1. The van der Waals surface area contributed by atoms with Gasteiger partial charge in [0.25, 0.3) is 5.91 Å². The Morgan fingerprint density at radius 1 is 1.47 bits per heavy atom. The van der Waals surface area contributed by atoms with E-state index in [-0.39, 0.29) is 5.91 Å². The molecule has 0 aromatic heterocycles. The summed E-state index contributed by atoms with van der Waals surface area (Å²) in [6.07, 6.45) is 4.24. The van der Waals surface area contributed by atoms with E-state index in [0.717, 1.165) is 28.7 Å². The zero-order chi connectivity index (χ0) is 12.7. The van der Waals surface area contributed by atoms with Crippen LogP contribution in [0.5, 0.6) is 0 Å². The predicted molar refractivity (Wildman–Crippen MR) is 84.1 cm³/mol. The molecule has 0 atom stereocenters. The number of thioether (sulfide) groups is 1. The molecule has 94 valence electrons. The summed E-state index contributed by atoms with van der Waals surface area (Å²) in [7, 11) is 0. The molecule has 1 aromatic carbocycles. The number of rotatable bonds is 6. The standard InChI is InChI=1S/C12H15ClINOS/c1-17-7-3-2-6-15-12(16)9-4-5-11(14)10(13)8-9/h4-5,8H,2-3,6-7H2,1H3,(H,15,16). The number of carbonyl (C=O) groups is 1. The van der Waals surface area contributed by atoms with Gasteiger partial charge in [0.1, 0.15) is 0 Å². The van der Waals surface area contributed by atoms with Gasteiger partial charge in [-0.2, -0.15) is 11.8 Å². The number of unbranched alkanes of at least 4 members (excludes halogenated alkanes) is 1. The topological polar surface area (TPSA) is 29.1 Å². The van der Waals surface area contributed by atoms with E-state index >= 15 is 0 Å². The van der Waals surface area contributed by atoms with E-state index in [1.165, 1.54) is 0 Å². The second-order valence-corrected chi connectivity index (χ2v) is 6.14. The quantitative estimate of drug-likeness (QED) is 0.598. The molecule has 1 amide bonds. The van der Waals surface area contributed by atoms with Crippen LogP contribution in [-0.2, 0) is 0 Å². The third-order valence-corrected chi connectivity index (χ3v) is 4.51. The van der Waals surface area contributed by atoms with E-state index < -0.39 is 0 Å². The number of carbonyl (C=O) groups excluding carboxylic acids is 1. The number of halogens is 2. The summed E-state index contributed by atoms with van der Waals surface area (Å²) in [6.45, 7) is 0.725. The lowest BCUT2D eigenvalue weighted by Gasteiger charge is -2.05. The summed E-state index contributed by atoms with van der Waals surface area (Å²) in [5.41, 5.74) is 0.625. The third kappa shape index (κ3) is 5.48. The smallest absolute Gasteiger partial charge is 0.251 e. The van der Waals surface area contributed by atoms with Gasteiger partial charge in [-0.05, 0) is 65.6 Å². The summed E-state index contributed by atoms with van der Waals surface area (Å²) < 4.78 is 0.959. The van der Waals surface area contributed by atoms with Crippen LogP contribution in [0, 0.1) is 3.57 Å². The number of nitrogens with one attached hydrogen (secondary N) is 1. The highest BCUT2D eigenvalue weighted by atomic mass is 127. The van der Waals surface area contributed by atoms with Crippen molar-refractivity contribution in [2.45, 2.75) is 12.8 Å². The Morgan fingerprint density at radius 2 is 2.24 bits per heavy atom. The molecule has 0 aliphatic rings. The van der Waals surface area contributed by atoms with Crippen LogP contribution in [0.25, 0.3) is 0 Å². The molecular formula is C12H15ClINOS. The van der Waals surface area contributed by atoms with E-state index in [1.54, 1.807) is 12.1 Å². The Morgan fingerprint density at radius 3 is 2.88 bits per heavy atom. The van der Waals surface area contributed by atoms with Crippen molar-refractivity contribution in [1.29, 1.82) is 0 Å². The largest absolute Gasteiger partial charge is 0.352 e. The lowest BCUT2D eigenvalue weighted by Crippen LogP contribution is -2.24. The van der Waals surface area contributed by atoms with Gasteiger partial charge in [0, 0.05) is 15.7 Å². The van der Waals surface area contributed by atoms with Crippen LogP contribution < -0.4 is 5.32 Å². The molecule has 0 aliphatic heterocycles. The van der Waals surface area contributed by atoms with Crippen LogP contribution in [0.2, 0.25) is 5.02 Å². The van der Waals surface area contributed by atoms with Crippen molar-refractivity contribution in [1.82, 2.24) is 5.32 Å². The van der Waals surface area contributed by atoms with E-state index in [9.17, 15) is 4.79 Å². The number of hydrogen-bond donors (Lipinski definition) is 1. The van der Waals surface area contributed by atoms with E-state index in [4.69, 9.17) is 11.6 Å². The highest BCUT2D eigenvalue weighted by molar-refractivity contribution is 14.1. The molecule has 0 bridgehead atoms. The third-order valence-electron chi connectivity index (χ3n) is 2.24. The van der Waals surface area contributed by atoms with Crippen molar-refractivity contribution in [2.75, 3.05) is 18.6 Å². The highest BCUT2D eigenvalue weighted by Crippen LogP contribution is 2.19. The fourth-order valence-electron chi connectivity index (χ4n) is 1.31. The molecule has 0 saturated heterocycles. The number of benzene rings is 1. The normalized spacial score (nSPS) is 10.3. The maximum absolute atomic E-state index is 11.8. The average Bonchev–Trinajstić information content (AvgIpc) is 2.32. The minimum atomic E-state index is -0.0487. The summed E-state index contributed by atoms with van der Waals surface area (Å²) in [4.78, 5) is 11.8. The van der Waals surface area contributed by atoms with Crippen molar-refractivity contribution in [3.63, 3.8) is 0 Å². The molecule has 1 N–H and O–H groups in total. The van der Waals surface area contributed by atoms with Gasteiger partial charge in [-0.1, -0.05) is 11.6 Å². The SMILES string of the molecule is CSCCCCNC(=O)c1ccc(I)c(Cl)c1. The second kappa shape index (κ2) is 8.21.